The summed E-state index contributed by atoms with van der Waals surface area (Å²) in [5, 5.41) is 3.55. The Bertz CT molecular complexity index is 952. The molecule has 0 aliphatic carbocycles. The Morgan fingerprint density at radius 2 is 1.96 bits per heavy atom. The normalized spacial score (nSPS) is 17.4. The molecule has 3 heterocycles. The monoisotopic (exact) mass is 342 g/mol. The number of anilines is 3. The highest BCUT2D eigenvalue weighted by Crippen LogP contribution is 2.46. The first-order chi connectivity index (χ1) is 12.8. The largest absolute Gasteiger partial charge is 0.366 e. The molecule has 26 heavy (non-hydrogen) atoms. The molecule has 0 saturated heterocycles. The van der Waals surface area contributed by atoms with Crippen molar-refractivity contribution in [1.82, 2.24) is 9.97 Å². The molecule has 1 unspecified atom stereocenters. The molecule has 0 spiro atoms. The molecule has 0 saturated carbocycles. The summed E-state index contributed by atoms with van der Waals surface area (Å²) in [4.78, 5) is 11.7. The average molecular weight is 342 g/mol. The van der Waals surface area contributed by atoms with Crippen molar-refractivity contribution in [1.29, 1.82) is 0 Å². The number of hydrogen-bond acceptors (Lipinski definition) is 4. The molecular weight excluding hydrogens is 320 g/mol. The lowest BCUT2D eigenvalue weighted by Crippen LogP contribution is -2.17. The number of fused-ring (bicyclic) bond motifs is 2. The molecule has 1 aromatic heterocycles. The zero-order valence-electron chi connectivity index (χ0n) is 14.9. The Morgan fingerprint density at radius 1 is 1.08 bits per heavy atom. The summed E-state index contributed by atoms with van der Waals surface area (Å²) < 4.78 is 0. The van der Waals surface area contributed by atoms with Gasteiger partial charge in [0.25, 0.3) is 0 Å². The number of aromatic nitrogens is 2. The van der Waals surface area contributed by atoms with Gasteiger partial charge in [-0.15, -0.1) is 0 Å². The van der Waals surface area contributed by atoms with Gasteiger partial charge in [-0.2, -0.15) is 0 Å². The molecule has 0 radical (unpaired) electrons. The molecule has 130 valence electrons. The number of benzene rings is 2. The second-order valence-electron chi connectivity index (χ2n) is 7.23. The molecule has 1 N–H and O–H groups in total. The highest BCUT2D eigenvalue weighted by molar-refractivity contribution is 5.77. The van der Waals surface area contributed by atoms with Crippen LogP contribution in [0.2, 0.25) is 0 Å². The van der Waals surface area contributed by atoms with Gasteiger partial charge in [-0.05, 0) is 35.4 Å². The highest BCUT2D eigenvalue weighted by Gasteiger charge is 2.32. The van der Waals surface area contributed by atoms with E-state index >= 15 is 0 Å². The van der Waals surface area contributed by atoms with Gasteiger partial charge in [-0.25, -0.2) is 9.97 Å². The van der Waals surface area contributed by atoms with E-state index in [9.17, 15) is 0 Å². The van der Waals surface area contributed by atoms with Crippen LogP contribution in [-0.2, 0) is 19.4 Å². The lowest BCUT2D eigenvalue weighted by atomic mass is 9.92. The van der Waals surface area contributed by atoms with Crippen molar-refractivity contribution in [2.45, 2.75) is 32.2 Å². The zero-order chi connectivity index (χ0) is 17.5. The molecule has 5 rings (SSSR count). The second-order valence-corrected chi connectivity index (χ2v) is 7.23. The molecule has 0 fully saturated rings. The Kier molecular flexibility index (Phi) is 3.63. The first kappa shape index (κ1) is 15.4. The van der Waals surface area contributed by atoms with Gasteiger partial charge in [0.05, 0.1) is 0 Å². The summed E-state index contributed by atoms with van der Waals surface area (Å²) in [5.74, 6) is 2.49. The third-order valence-electron chi connectivity index (χ3n) is 5.55. The third kappa shape index (κ3) is 2.45. The minimum Gasteiger partial charge on any atom is -0.366 e. The quantitative estimate of drug-likeness (QED) is 0.764. The van der Waals surface area contributed by atoms with Crippen molar-refractivity contribution in [2.75, 3.05) is 16.8 Å². The third-order valence-corrected chi connectivity index (χ3v) is 5.55. The van der Waals surface area contributed by atoms with Crippen LogP contribution in [0.5, 0.6) is 0 Å². The molecule has 0 amide bonds. The Labute approximate surface area is 153 Å². The summed E-state index contributed by atoms with van der Waals surface area (Å²) in [7, 11) is 0. The average Bonchev–Trinajstić information content (AvgIpc) is 3.06. The van der Waals surface area contributed by atoms with Crippen LogP contribution in [0.4, 0.5) is 17.3 Å². The van der Waals surface area contributed by atoms with Gasteiger partial charge in [-0.1, -0.05) is 55.5 Å². The summed E-state index contributed by atoms with van der Waals surface area (Å²) in [6.07, 6.45) is 3.75. The van der Waals surface area contributed by atoms with Crippen molar-refractivity contribution in [2.24, 2.45) is 0 Å². The van der Waals surface area contributed by atoms with Crippen LogP contribution < -0.4 is 10.2 Å². The summed E-state index contributed by atoms with van der Waals surface area (Å²) in [6.45, 7) is 4.09. The molecular formula is C22H22N4. The van der Waals surface area contributed by atoms with Crippen molar-refractivity contribution in [3.63, 3.8) is 0 Å². The molecule has 2 aliphatic heterocycles. The van der Waals surface area contributed by atoms with Gasteiger partial charge in [0.15, 0.2) is 0 Å². The van der Waals surface area contributed by atoms with E-state index in [0.29, 0.717) is 5.92 Å². The first-order valence-electron chi connectivity index (χ1n) is 9.32. The van der Waals surface area contributed by atoms with Crippen LogP contribution in [0, 0.1) is 0 Å². The highest BCUT2D eigenvalue weighted by atomic mass is 15.2. The SMILES string of the molecule is CC1Cc2c(NCc3ccccc3)ncnc2N2CCc3cccc1c32. The second kappa shape index (κ2) is 6.13. The molecule has 4 nitrogen and oxygen atoms in total. The maximum absolute atomic E-state index is 4.69. The predicted molar refractivity (Wildman–Crippen MR) is 105 cm³/mol. The lowest BCUT2D eigenvalue weighted by Gasteiger charge is -2.21. The van der Waals surface area contributed by atoms with Gasteiger partial charge >= 0.3 is 0 Å². The van der Waals surface area contributed by atoms with Crippen LogP contribution in [0.25, 0.3) is 0 Å². The van der Waals surface area contributed by atoms with E-state index in [-0.39, 0.29) is 0 Å². The van der Waals surface area contributed by atoms with Crippen LogP contribution >= 0.6 is 0 Å². The summed E-state index contributed by atoms with van der Waals surface area (Å²) in [6, 6.07) is 17.2. The van der Waals surface area contributed by atoms with Crippen LogP contribution in [-0.4, -0.2) is 16.5 Å². The van der Waals surface area contributed by atoms with Gasteiger partial charge in [0.1, 0.15) is 18.0 Å². The van der Waals surface area contributed by atoms with Crippen molar-refractivity contribution in [3.05, 3.63) is 77.1 Å². The molecule has 1 atom stereocenters. The number of rotatable bonds is 3. The fourth-order valence-electron chi connectivity index (χ4n) is 4.27. The number of nitrogens with one attached hydrogen (secondary N) is 1. The topological polar surface area (TPSA) is 41.1 Å². The maximum atomic E-state index is 4.69. The number of para-hydroxylation sites is 1. The number of nitrogens with zero attached hydrogens (tertiary/aromatic N) is 3. The van der Waals surface area contributed by atoms with Crippen molar-refractivity contribution < 1.29 is 0 Å². The van der Waals surface area contributed by atoms with Crippen LogP contribution in [0.3, 0.4) is 0 Å². The van der Waals surface area contributed by atoms with Crippen molar-refractivity contribution in [3.8, 4) is 0 Å². The standard InChI is InChI=1S/C22H22N4/c1-15-12-19-21(23-13-16-6-3-2-4-7-16)24-14-25-22(19)26-11-10-17-8-5-9-18(15)20(17)26/h2-9,14-15H,10-13H2,1H3,(H,23,24,25). The van der Waals surface area contributed by atoms with E-state index in [1.54, 1.807) is 6.33 Å². The van der Waals surface area contributed by atoms with E-state index in [4.69, 9.17) is 0 Å². The summed E-state index contributed by atoms with van der Waals surface area (Å²) in [5.41, 5.74) is 6.76. The molecule has 4 heteroatoms. The van der Waals surface area contributed by atoms with E-state index in [2.05, 4.69) is 69.6 Å². The van der Waals surface area contributed by atoms with E-state index < -0.39 is 0 Å². The minimum atomic E-state index is 0.454. The summed E-state index contributed by atoms with van der Waals surface area (Å²) >= 11 is 0. The number of hydrogen-bond donors (Lipinski definition) is 1. The Balaban J connectivity index is 1.54. The molecule has 0 bridgehead atoms. The van der Waals surface area contributed by atoms with Crippen LogP contribution in [0.15, 0.2) is 54.9 Å². The Morgan fingerprint density at radius 3 is 2.85 bits per heavy atom. The smallest absolute Gasteiger partial charge is 0.141 e. The van der Waals surface area contributed by atoms with Crippen LogP contribution in [0.1, 0.15) is 35.1 Å². The first-order valence-corrected chi connectivity index (χ1v) is 9.32. The molecule has 2 aromatic carbocycles. The van der Waals surface area contributed by atoms with Crippen molar-refractivity contribution >= 4 is 17.3 Å². The molecule has 2 aliphatic rings. The fourth-order valence-corrected chi connectivity index (χ4v) is 4.27. The minimum absolute atomic E-state index is 0.454. The van der Waals surface area contributed by atoms with E-state index in [1.165, 1.54) is 27.9 Å². The predicted octanol–water partition coefficient (Wildman–Crippen LogP) is 4.44. The van der Waals surface area contributed by atoms with E-state index in [0.717, 1.165) is 37.6 Å². The van der Waals surface area contributed by atoms with Gasteiger partial charge in [0, 0.05) is 24.3 Å². The fraction of sp³-hybridized carbons (Fsp3) is 0.273. The Hall–Kier alpha value is -2.88. The maximum Gasteiger partial charge on any atom is 0.141 e. The van der Waals surface area contributed by atoms with Gasteiger partial charge in [-0.3, -0.25) is 0 Å². The van der Waals surface area contributed by atoms with Gasteiger partial charge in [0.2, 0.25) is 0 Å². The zero-order valence-corrected chi connectivity index (χ0v) is 14.9. The molecule has 3 aromatic rings. The lowest BCUT2D eigenvalue weighted by molar-refractivity contribution is 0.763. The van der Waals surface area contributed by atoms with Gasteiger partial charge < -0.3 is 10.2 Å². The van der Waals surface area contributed by atoms with E-state index in [1.807, 2.05) is 6.07 Å².